The summed E-state index contributed by atoms with van der Waals surface area (Å²) in [5.74, 6) is 0.679. The molecule has 0 aliphatic carbocycles. The van der Waals surface area contributed by atoms with Crippen LogP contribution in [0.5, 0.6) is 0 Å². The van der Waals surface area contributed by atoms with Gasteiger partial charge < -0.3 is 10.2 Å². The molecule has 17 heavy (non-hydrogen) atoms. The van der Waals surface area contributed by atoms with Gasteiger partial charge in [0.25, 0.3) is 5.91 Å². The Balaban J connectivity index is 1.69. The van der Waals surface area contributed by atoms with E-state index in [4.69, 9.17) is 0 Å². The predicted molar refractivity (Wildman–Crippen MR) is 63.7 cm³/mol. The summed E-state index contributed by atoms with van der Waals surface area (Å²) in [6, 6.07) is 0. The van der Waals surface area contributed by atoms with Crippen LogP contribution < -0.4 is 5.32 Å². The molecule has 1 amide bonds. The summed E-state index contributed by atoms with van der Waals surface area (Å²) in [7, 11) is 0. The van der Waals surface area contributed by atoms with Gasteiger partial charge in [0.2, 0.25) is 5.82 Å². The first-order chi connectivity index (χ1) is 8.25. The fraction of sp³-hybridized carbons (Fsp3) is 0.727. The van der Waals surface area contributed by atoms with Crippen molar-refractivity contribution in [2.75, 3.05) is 26.2 Å². The highest BCUT2D eigenvalue weighted by Crippen LogP contribution is 2.07. The van der Waals surface area contributed by atoms with Crippen LogP contribution in [0, 0.1) is 6.92 Å². The lowest BCUT2D eigenvalue weighted by Gasteiger charge is -2.26. The number of carbonyl (C=O) groups excluding carboxylic acids is 1. The topological polar surface area (TPSA) is 73.9 Å². The van der Waals surface area contributed by atoms with Crippen LogP contribution >= 0.6 is 0 Å². The van der Waals surface area contributed by atoms with E-state index in [0.717, 1.165) is 19.6 Å². The fourth-order valence-electron chi connectivity index (χ4n) is 2.03. The van der Waals surface area contributed by atoms with Gasteiger partial charge in [-0.15, -0.1) is 5.10 Å². The molecule has 0 unspecified atom stereocenters. The van der Waals surface area contributed by atoms with Crippen LogP contribution in [0.25, 0.3) is 0 Å². The van der Waals surface area contributed by atoms with Crippen LogP contribution in [0.3, 0.4) is 0 Å². The van der Waals surface area contributed by atoms with Crippen molar-refractivity contribution >= 4 is 5.91 Å². The minimum absolute atomic E-state index is 0.202. The average Bonchev–Trinajstić information content (AvgIpc) is 2.77. The first-order valence-electron chi connectivity index (χ1n) is 6.15. The number of nitrogens with zero attached hydrogens (tertiary/aromatic N) is 3. The van der Waals surface area contributed by atoms with Gasteiger partial charge >= 0.3 is 0 Å². The van der Waals surface area contributed by atoms with Gasteiger partial charge in [0.15, 0.2) is 0 Å². The van der Waals surface area contributed by atoms with Crippen molar-refractivity contribution in [2.24, 2.45) is 0 Å². The van der Waals surface area contributed by atoms with Crippen molar-refractivity contribution in [3.63, 3.8) is 0 Å². The molecule has 0 atom stereocenters. The molecule has 2 heterocycles. The maximum absolute atomic E-state index is 11.6. The molecule has 6 heteroatoms. The second kappa shape index (κ2) is 5.77. The molecular weight excluding hydrogens is 218 g/mol. The Morgan fingerprint density at radius 3 is 2.82 bits per heavy atom. The number of likely N-dealkylation sites (tertiary alicyclic amines) is 1. The average molecular weight is 237 g/mol. The van der Waals surface area contributed by atoms with Gasteiger partial charge in [0.05, 0.1) is 0 Å². The van der Waals surface area contributed by atoms with Crippen LogP contribution in [-0.2, 0) is 0 Å². The van der Waals surface area contributed by atoms with E-state index in [1.54, 1.807) is 6.92 Å². The highest BCUT2D eigenvalue weighted by Gasteiger charge is 2.12. The Morgan fingerprint density at radius 2 is 2.18 bits per heavy atom. The van der Waals surface area contributed by atoms with Crippen molar-refractivity contribution in [3.05, 3.63) is 11.6 Å². The number of hydrogen-bond donors (Lipinski definition) is 2. The zero-order valence-electron chi connectivity index (χ0n) is 10.2. The Bertz CT molecular complexity index is 370. The minimum atomic E-state index is -0.202. The number of aryl methyl sites for hydroxylation is 1. The summed E-state index contributed by atoms with van der Waals surface area (Å²) < 4.78 is 0. The molecule has 0 bridgehead atoms. The number of aromatic nitrogens is 3. The van der Waals surface area contributed by atoms with Crippen molar-refractivity contribution in [2.45, 2.75) is 26.2 Å². The number of nitrogens with one attached hydrogen (secondary N) is 2. The van der Waals surface area contributed by atoms with E-state index >= 15 is 0 Å². The molecule has 0 radical (unpaired) electrons. The number of amides is 1. The molecule has 1 fully saturated rings. The molecule has 0 aromatic carbocycles. The monoisotopic (exact) mass is 237 g/mol. The lowest BCUT2D eigenvalue weighted by molar-refractivity contribution is 0.0936. The molecule has 1 saturated heterocycles. The van der Waals surface area contributed by atoms with Gasteiger partial charge in [0, 0.05) is 13.1 Å². The predicted octanol–water partition coefficient (Wildman–Crippen LogP) is 0.329. The van der Waals surface area contributed by atoms with Gasteiger partial charge in [-0.2, -0.15) is 0 Å². The third kappa shape index (κ3) is 3.52. The lowest BCUT2D eigenvalue weighted by atomic mass is 10.1. The number of H-pyrrole nitrogens is 1. The molecule has 94 valence electrons. The quantitative estimate of drug-likeness (QED) is 0.791. The Hall–Kier alpha value is -1.43. The van der Waals surface area contributed by atoms with Gasteiger partial charge in [-0.25, -0.2) is 4.98 Å². The van der Waals surface area contributed by atoms with Gasteiger partial charge in [-0.05, 0) is 32.9 Å². The number of hydrogen-bond acceptors (Lipinski definition) is 4. The van der Waals surface area contributed by atoms with Crippen molar-refractivity contribution in [1.82, 2.24) is 25.4 Å². The highest BCUT2D eigenvalue weighted by atomic mass is 16.2. The van der Waals surface area contributed by atoms with E-state index in [1.807, 2.05) is 0 Å². The zero-order valence-corrected chi connectivity index (χ0v) is 10.2. The summed E-state index contributed by atoms with van der Waals surface area (Å²) in [5, 5.41) is 9.31. The third-order valence-corrected chi connectivity index (χ3v) is 2.96. The maximum Gasteiger partial charge on any atom is 0.291 e. The van der Waals surface area contributed by atoms with E-state index in [9.17, 15) is 4.79 Å². The normalized spacial score (nSPS) is 17.0. The SMILES string of the molecule is Cc1nc(C(=O)NCCN2CCCCC2)n[nH]1. The third-order valence-electron chi connectivity index (χ3n) is 2.96. The summed E-state index contributed by atoms with van der Waals surface area (Å²) in [6.07, 6.45) is 3.88. The first kappa shape index (κ1) is 12.0. The van der Waals surface area contributed by atoms with E-state index in [-0.39, 0.29) is 11.7 Å². The molecule has 1 aliphatic rings. The Morgan fingerprint density at radius 1 is 1.41 bits per heavy atom. The van der Waals surface area contributed by atoms with E-state index in [0.29, 0.717) is 12.4 Å². The van der Waals surface area contributed by atoms with Crippen molar-refractivity contribution in [3.8, 4) is 0 Å². The van der Waals surface area contributed by atoms with Gasteiger partial charge in [0.1, 0.15) is 5.82 Å². The molecule has 1 aliphatic heterocycles. The van der Waals surface area contributed by atoms with Crippen molar-refractivity contribution in [1.29, 1.82) is 0 Å². The fourth-order valence-corrected chi connectivity index (χ4v) is 2.03. The maximum atomic E-state index is 11.6. The van der Waals surface area contributed by atoms with Crippen LogP contribution in [0.1, 0.15) is 35.7 Å². The van der Waals surface area contributed by atoms with Crippen LogP contribution in [-0.4, -0.2) is 52.2 Å². The zero-order chi connectivity index (χ0) is 12.1. The summed E-state index contributed by atoms with van der Waals surface area (Å²) in [6.45, 7) is 5.64. The lowest BCUT2D eigenvalue weighted by Crippen LogP contribution is -2.37. The van der Waals surface area contributed by atoms with Gasteiger partial charge in [-0.1, -0.05) is 6.42 Å². The molecular formula is C11H19N5O. The smallest absolute Gasteiger partial charge is 0.291 e. The van der Waals surface area contributed by atoms with Gasteiger partial charge in [-0.3, -0.25) is 9.89 Å². The Kier molecular flexibility index (Phi) is 4.08. The molecule has 1 aromatic heterocycles. The number of aromatic amines is 1. The number of rotatable bonds is 4. The standard InChI is InChI=1S/C11H19N5O/c1-9-13-10(15-14-9)11(17)12-5-8-16-6-3-2-4-7-16/h2-8H2,1H3,(H,12,17)(H,13,14,15). The molecule has 6 nitrogen and oxygen atoms in total. The Labute approximate surface area is 101 Å². The second-order valence-corrected chi connectivity index (χ2v) is 4.40. The van der Waals surface area contributed by atoms with E-state index in [1.165, 1.54) is 19.3 Å². The summed E-state index contributed by atoms with van der Waals surface area (Å²) in [4.78, 5) is 18.0. The molecule has 0 saturated carbocycles. The van der Waals surface area contributed by atoms with Crippen LogP contribution in [0.2, 0.25) is 0 Å². The molecule has 2 rings (SSSR count). The van der Waals surface area contributed by atoms with Crippen molar-refractivity contribution < 1.29 is 4.79 Å². The van der Waals surface area contributed by atoms with E-state index in [2.05, 4.69) is 25.4 Å². The van der Waals surface area contributed by atoms with E-state index < -0.39 is 0 Å². The minimum Gasteiger partial charge on any atom is -0.348 e. The second-order valence-electron chi connectivity index (χ2n) is 4.40. The number of piperidine rings is 1. The summed E-state index contributed by atoms with van der Waals surface area (Å²) in [5.41, 5.74) is 0. The van der Waals surface area contributed by atoms with Crippen LogP contribution in [0.15, 0.2) is 0 Å². The summed E-state index contributed by atoms with van der Waals surface area (Å²) >= 11 is 0. The number of carbonyl (C=O) groups is 1. The highest BCUT2D eigenvalue weighted by molar-refractivity contribution is 5.90. The first-order valence-corrected chi connectivity index (χ1v) is 6.15. The van der Waals surface area contributed by atoms with Crippen LogP contribution in [0.4, 0.5) is 0 Å². The molecule has 1 aromatic rings. The molecule has 2 N–H and O–H groups in total. The molecule has 0 spiro atoms. The largest absolute Gasteiger partial charge is 0.348 e.